The van der Waals surface area contributed by atoms with Crippen LogP contribution in [0.3, 0.4) is 0 Å². The first-order chi connectivity index (χ1) is 8.70. The van der Waals surface area contributed by atoms with Crippen molar-refractivity contribution in [2.75, 3.05) is 12.4 Å². The highest BCUT2D eigenvalue weighted by atomic mass is 35.5. The van der Waals surface area contributed by atoms with Crippen molar-refractivity contribution in [1.29, 1.82) is 0 Å². The second kappa shape index (κ2) is 6.58. The fourth-order valence-electron chi connectivity index (χ4n) is 2.93. The molecule has 2 heteroatoms. The van der Waals surface area contributed by atoms with E-state index in [2.05, 4.69) is 36.9 Å². The topological polar surface area (TPSA) is 3.24 Å². The van der Waals surface area contributed by atoms with Gasteiger partial charge in [-0.1, -0.05) is 23.8 Å². The number of rotatable bonds is 5. The van der Waals surface area contributed by atoms with Crippen LogP contribution >= 0.6 is 11.6 Å². The first-order valence-electron chi connectivity index (χ1n) is 7.07. The zero-order chi connectivity index (χ0) is 13.0. The average Bonchev–Trinajstić information content (AvgIpc) is 2.79. The number of alkyl halides is 1. The Balaban J connectivity index is 2.01. The van der Waals surface area contributed by atoms with Crippen molar-refractivity contribution in [2.24, 2.45) is 0 Å². The largest absolute Gasteiger partial charge is 0.296 e. The standard InChI is InChI=1S/C16H24ClN/c1-13-7-8-14(2)15(11-13)12-18-10-4-6-16(18)5-3-9-17/h7-8,11,16H,3-6,9-10,12H2,1-2H3. The van der Waals surface area contributed by atoms with Crippen LogP contribution in [0.5, 0.6) is 0 Å². The molecule has 0 aliphatic carbocycles. The predicted octanol–water partition coefficient (Wildman–Crippen LogP) is 4.29. The Morgan fingerprint density at radius 2 is 2.17 bits per heavy atom. The summed E-state index contributed by atoms with van der Waals surface area (Å²) in [6, 6.07) is 7.54. The summed E-state index contributed by atoms with van der Waals surface area (Å²) in [5.41, 5.74) is 4.28. The molecule has 0 N–H and O–H groups in total. The van der Waals surface area contributed by atoms with Gasteiger partial charge in [0.15, 0.2) is 0 Å². The Hall–Kier alpha value is -0.530. The number of likely N-dealkylation sites (tertiary alicyclic amines) is 1. The minimum atomic E-state index is 0.753. The van der Waals surface area contributed by atoms with Gasteiger partial charge < -0.3 is 0 Å². The normalized spacial score (nSPS) is 20.5. The van der Waals surface area contributed by atoms with Crippen molar-refractivity contribution in [3.63, 3.8) is 0 Å². The minimum Gasteiger partial charge on any atom is -0.296 e. The van der Waals surface area contributed by atoms with Crippen molar-refractivity contribution in [1.82, 2.24) is 4.90 Å². The van der Waals surface area contributed by atoms with Gasteiger partial charge in [0, 0.05) is 18.5 Å². The third kappa shape index (κ3) is 3.49. The molecule has 1 aromatic rings. The first-order valence-corrected chi connectivity index (χ1v) is 7.60. The lowest BCUT2D eigenvalue weighted by atomic mass is 10.0. The maximum atomic E-state index is 5.82. The molecule has 1 aromatic carbocycles. The van der Waals surface area contributed by atoms with Crippen molar-refractivity contribution in [3.8, 4) is 0 Å². The van der Waals surface area contributed by atoms with E-state index in [1.807, 2.05) is 0 Å². The zero-order valence-corrected chi connectivity index (χ0v) is 12.3. The Bertz CT molecular complexity index is 389. The van der Waals surface area contributed by atoms with Gasteiger partial charge in [0.1, 0.15) is 0 Å². The molecule has 1 saturated heterocycles. The van der Waals surface area contributed by atoms with Crippen LogP contribution in [0.2, 0.25) is 0 Å². The molecule has 0 bridgehead atoms. The fourth-order valence-corrected chi connectivity index (χ4v) is 3.09. The number of hydrogen-bond donors (Lipinski definition) is 0. The molecule has 0 spiro atoms. The highest BCUT2D eigenvalue weighted by molar-refractivity contribution is 6.17. The smallest absolute Gasteiger partial charge is 0.0239 e. The maximum Gasteiger partial charge on any atom is 0.0239 e. The molecule has 1 nitrogen and oxygen atoms in total. The number of aryl methyl sites for hydroxylation is 2. The van der Waals surface area contributed by atoms with Gasteiger partial charge in [-0.15, -0.1) is 11.6 Å². The van der Waals surface area contributed by atoms with Crippen LogP contribution < -0.4 is 0 Å². The van der Waals surface area contributed by atoms with Gasteiger partial charge in [-0.2, -0.15) is 0 Å². The Labute approximate surface area is 116 Å². The fraction of sp³-hybridized carbons (Fsp3) is 0.625. The van der Waals surface area contributed by atoms with E-state index < -0.39 is 0 Å². The highest BCUT2D eigenvalue weighted by Crippen LogP contribution is 2.25. The van der Waals surface area contributed by atoms with E-state index in [1.165, 1.54) is 42.5 Å². The van der Waals surface area contributed by atoms with Gasteiger partial charge in [-0.05, 0) is 57.2 Å². The highest BCUT2D eigenvalue weighted by Gasteiger charge is 2.24. The van der Waals surface area contributed by atoms with Crippen molar-refractivity contribution in [2.45, 2.75) is 52.1 Å². The Morgan fingerprint density at radius 1 is 1.33 bits per heavy atom. The van der Waals surface area contributed by atoms with Crippen molar-refractivity contribution >= 4 is 11.6 Å². The zero-order valence-electron chi connectivity index (χ0n) is 11.6. The molecule has 0 aromatic heterocycles. The second-order valence-electron chi connectivity index (χ2n) is 5.53. The molecule has 1 unspecified atom stereocenters. The number of nitrogens with zero attached hydrogens (tertiary/aromatic N) is 1. The van der Waals surface area contributed by atoms with Crippen LogP contribution in [0.4, 0.5) is 0 Å². The van der Waals surface area contributed by atoms with E-state index in [-0.39, 0.29) is 0 Å². The number of hydrogen-bond acceptors (Lipinski definition) is 1. The van der Waals surface area contributed by atoms with Crippen LogP contribution in [0.1, 0.15) is 42.4 Å². The van der Waals surface area contributed by atoms with E-state index in [4.69, 9.17) is 11.6 Å². The van der Waals surface area contributed by atoms with E-state index in [0.717, 1.165) is 24.9 Å². The third-order valence-electron chi connectivity index (χ3n) is 4.05. The lowest BCUT2D eigenvalue weighted by Gasteiger charge is -2.25. The minimum absolute atomic E-state index is 0.753. The molecule has 1 aliphatic rings. The molecule has 18 heavy (non-hydrogen) atoms. The van der Waals surface area contributed by atoms with Crippen LogP contribution in [0.25, 0.3) is 0 Å². The molecule has 0 amide bonds. The maximum absolute atomic E-state index is 5.82. The number of halogens is 1. The van der Waals surface area contributed by atoms with Gasteiger partial charge in [0.25, 0.3) is 0 Å². The Kier molecular flexibility index (Phi) is 5.08. The molecule has 100 valence electrons. The van der Waals surface area contributed by atoms with E-state index in [1.54, 1.807) is 0 Å². The molecule has 0 saturated carbocycles. The summed E-state index contributed by atoms with van der Waals surface area (Å²) >= 11 is 5.82. The number of benzene rings is 1. The Morgan fingerprint density at radius 3 is 2.94 bits per heavy atom. The van der Waals surface area contributed by atoms with E-state index in [9.17, 15) is 0 Å². The summed E-state index contributed by atoms with van der Waals surface area (Å²) in [6.07, 6.45) is 5.10. The summed E-state index contributed by atoms with van der Waals surface area (Å²) in [5, 5.41) is 0. The third-order valence-corrected chi connectivity index (χ3v) is 4.32. The van der Waals surface area contributed by atoms with Crippen LogP contribution in [-0.4, -0.2) is 23.4 Å². The molecule has 1 fully saturated rings. The van der Waals surface area contributed by atoms with Gasteiger partial charge in [-0.25, -0.2) is 0 Å². The summed E-state index contributed by atoms with van der Waals surface area (Å²) in [6.45, 7) is 6.76. The monoisotopic (exact) mass is 265 g/mol. The van der Waals surface area contributed by atoms with Gasteiger partial charge in [0.2, 0.25) is 0 Å². The quantitative estimate of drug-likeness (QED) is 0.718. The molecule has 1 heterocycles. The molecular formula is C16H24ClN. The van der Waals surface area contributed by atoms with Crippen LogP contribution in [0.15, 0.2) is 18.2 Å². The molecule has 0 radical (unpaired) electrons. The van der Waals surface area contributed by atoms with Gasteiger partial charge in [-0.3, -0.25) is 4.90 Å². The van der Waals surface area contributed by atoms with Gasteiger partial charge in [0.05, 0.1) is 0 Å². The predicted molar refractivity (Wildman–Crippen MR) is 79.3 cm³/mol. The SMILES string of the molecule is Cc1ccc(C)c(CN2CCCC2CCCCl)c1. The first kappa shape index (κ1) is 13.9. The lowest BCUT2D eigenvalue weighted by Crippen LogP contribution is -2.29. The summed E-state index contributed by atoms with van der Waals surface area (Å²) < 4.78 is 0. The van der Waals surface area contributed by atoms with Crippen LogP contribution in [-0.2, 0) is 6.54 Å². The summed E-state index contributed by atoms with van der Waals surface area (Å²) in [4.78, 5) is 2.65. The van der Waals surface area contributed by atoms with E-state index >= 15 is 0 Å². The lowest BCUT2D eigenvalue weighted by molar-refractivity contribution is 0.233. The average molecular weight is 266 g/mol. The van der Waals surface area contributed by atoms with Gasteiger partial charge >= 0.3 is 0 Å². The second-order valence-corrected chi connectivity index (χ2v) is 5.91. The molecule has 2 rings (SSSR count). The van der Waals surface area contributed by atoms with E-state index in [0.29, 0.717) is 0 Å². The van der Waals surface area contributed by atoms with Crippen molar-refractivity contribution < 1.29 is 0 Å². The summed E-state index contributed by atoms with van der Waals surface area (Å²) in [5.74, 6) is 0.799. The van der Waals surface area contributed by atoms with Crippen LogP contribution in [0, 0.1) is 13.8 Å². The molecule has 1 atom stereocenters. The molecular weight excluding hydrogens is 242 g/mol. The molecule has 1 aliphatic heterocycles. The van der Waals surface area contributed by atoms with Crippen molar-refractivity contribution in [3.05, 3.63) is 34.9 Å². The summed E-state index contributed by atoms with van der Waals surface area (Å²) in [7, 11) is 0.